The molecule has 2 N–H and O–H groups in total. The molecule has 1 aromatic rings. The van der Waals surface area contributed by atoms with Gasteiger partial charge in [-0.1, -0.05) is 6.07 Å². The zero-order valence-electron chi connectivity index (χ0n) is 11.9. The average Bonchev–Trinajstić information content (AvgIpc) is 2.42. The zero-order valence-corrected chi connectivity index (χ0v) is 11.9. The molecule has 1 unspecified atom stereocenters. The maximum Gasteiger partial charge on any atom is 0.144 e. The van der Waals surface area contributed by atoms with Gasteiger partial charge in [-0.2, -0.15) is 0 Å². The fraction of sp³-hybridized carbons (Fsp3) is 0.600. The van der Waals surface area contributed by atoms with Crippen LogP contribution < -0.4 is 15.4 Å². The van der Waals surface area contributed by atoms with Crippen molar-refractivity contribution < 1.29 is 9.47 Å². The summed E-state index contributed by atoms with van der Waals surface area (Å²) in [4.78, 5) is 2.21. The van der Waals surface area contributed by atoms with E-state index in [1.165, 1.54) is 6.42 Å². The molecule has 19 heavy (non-hydrogen) atoms. The minimum atomic E-state index is 0.592. The van der Waals surface area contributed by atoms with Crippen molar-refractivity contribution in [2.75, 3.05) is 44.0 Å². The van der Waals surface area contributed by atoms with Crippen LogP contribution in [0.25, 0.3) is 0 Å². The molecule has 106 valence electrons. The van der Waals surface area contributed by atoms with E-state index in [0.717, 1.165) is 43.3 Å². The fourth-order valence-corrected chi connectivity index (χ4v) is 2.58. The number of benzene rings is 1. The Labute approximate surface area is 115 Å². The zero-order chi connectivity index (χ0) is 13.7. The Bertz CT molecular complexity index is 403. The van der Waals surface area contributed by atoms with Gasteiger partial charge in [0.05, 0.1) is 24.6 Å². The predicted molar refractivity (Wildman–Crippen MR) is 78.8 cm³/mol. The van der Waals surface area contributed by atoms with Crippen LogP contribution in [0.1, 0.15) is 19.8 Å². The first-order chi connectivity index (χ1) is 9.22. The Morgan fingerprint density at radius 2 is 2.32 bits per heavy atom. The largest absolute Gasteiger partial charge is 0.492 e. The van der Waals surface area contributed by atoms with Crippen LogP contribution >= 0.6 is 0 Å². The van der Waals surface area contributed by atoms with Gasteiger partial charge in [0.1, 0.15) is 5.75 Å². The predicted octanol–water partition coefficient (Wildman–Crippen LogP) is 2.53. The maximum absolute atomic E-state index is 6.18. The lowest BCUT2D eigenvalue weighted by atomic mass is 10.0. The van der Waals surface area contributed by atoms with Crippen molar-refractivity contribution in [1.82, 2.24) is 0 Å². The number of nitrogens with two attached hydrogens (primary N) is 1. The summed E-state index contributed by atoms with van der Waals surface area (Å²) in [6.07, 6.45) is 2.39. The van der Waals surface area contributed by atoms with Crippen LogP contribution in [-0.2, 0) is 4.74 Å². The summed E-state index contributed by atoms with van der Waals surface area (Å²) in [5.74, 6) is 1.36. The molecule has 1 fully saturated rings. The molecule has 1 aliphatic heterocycles. The van der Waals surface area contributed by atoms with E-state index < -0.39 is 0 Å². The second kappa shape index (κ2) is 6.66. The third-order valence-electron chi connectivity index (χ3n) is 3.54. The Kier molecular flexibility index (Phi) is 4.91. The van der Waals surface area contributed by atoms with E-state index in [-0.39, 0.29) is 0 Å². The second-order valence-electron chi connectivity index (χ2n) is 5.09. The van der Waals surface area contributed by atoms with Crippen LogP contribution in [0.3, 0.4) is 0 Å². The molecule has 0 radical (unpaired) electrons. The highest BCUT2D eigenvalue weighted by Gasteiger charge is 2.18. The smallest absolute Gasteiger partial charge is 0.144 e. The highest BCUT2D eigenvalue weighted by atomic mass is 16.5. The van der Waals surface area contributed by atoms with Gasteiger partial charge in [-0.05, 0) is 37.8 Å². The monoisotopic (exact) mass is 264 g/mol. The molecule has 4 nitrogen and oxygen atoms in total. The summed E-state index contributed by atoms with van der Waals surface area (Å²) in [6, 6.07) is 5.95. The lowest BCUT2D eigenvalue weighted by Gasteiger charge is -2.29. The molecule has 0 amide bonds. The summed E-state index contributed by atoms with van der Waals surface area (Å²) in [7, 11) is 2.08. The number of hydrogen-bond acceptors (Lipinski definition) is 4. The van der Waals surface area contributed by atoms with Gasteiger partial charge in [0.2, 0.25) is 0 Å². The molecule has 0 aromatic heterocycles. The van der Waals surface area contributed by atoms with Gasteiger partial charge < -0.3 is 20.1 Å². The normalized spacial score (nSPS) is 19.2. The molecule has 1 aliphatic rings. The summed E-state index contributed by atoms with van der Waals surface area (Å²) in [5, 5.41) is 0. The third kappa shape index (κ3) is 3.53. The Hall–Kier alpha value is -1.42. The first-order valence-electron chi connectivity index (χ1n) is 7.02. The number of hydrogen-bond donors (Lipinski definition) is 1. The molecular formula is C15H24N2O2. The van der Waals surface area contributed by atoms with Gasteiger partial charge >= 0.3 is 0 Å². The molecule has 0 saturated carbocycles. The quantitative estimate of drug-likeness (QED) is 0.830. The van der Waals surface area contributed by atoms with Crippen molar-refractivity contribution in [3.63, 3.8) is 0 Å². The first-order valence-corrected chi connectivity index (χ1v) is 7.02. The standard InChI is InChI=1S/C15H24N2O2/c1-3-19-14-8-4-7-13(15(14)16)17(2)10-12-6-5-9-18-11-12/h4,7-8,12H,3,5-6,9-11,16H2,1-2H3. The third-order valence-corrected chi connectivity index (χ3v) is 3.54. The number of anilines is 2. The average molecular weight is 264 g/mol. The van der Waals surface area contributed by atoms with Gasteiger partial charge in [0.15, 0.2) is 0 Å². The number of ether oxygens (including phenoxy) is 2. The molecule has 0 aliphatic carbocycles. The van der Waals surface area contributed by atoms with Crippen molar-refractivity contribution in [1.29, 1.82) is 0 Å². The topological polar surface area (TPSA) is 47.7 Å². The minimum Gasteiger partial charge on any atom is -0.492 e. The number of nitrogens with zero attached hydrogens (tertiary/aromatic N) is 1. The highest BCUT2D eigenvalue weighted by molar-refractivity contribution is 5.73. The summed E-state index contributed by atoms with van der Waals surface area (Å²) < 4.78 is 11.1. The molecule has 4 heteroatoms. The molecular weight excluding hydrogens is 240 g/mol. The second-order valence-corrected chi connectivity index (χ2v) is 5.09. The number of rotatable bonds is 5. The van der Waals surface area contributed by atoms with Crippen LogP contribution in [0.2, 0.25) is 0 Å². The summed E-state index contributed by atoms with van der Waals surface area (Å²) >= 11 is 0. The van der Waals surface area contributed by atoms with E-state index in [1.54, 1.807) is 0 Å². The van der Waals surface area contributed by atoms with Crippen LogP contribution in [-0.4, -0.2) is 33.4 Å². The van der Waals surface area contributed by atoms with E-state index in [4.69, 9.17) is 15.2 Å². The Balaban J connectivity index is 2.05. The maximum atomic E-state index is 6.18. The van der Waals surface area contributed by atoms with Gasteiger partial charge in [0.25, 0.3) is 0 Å². The molecule has 0 spiro atoms. The van der Waals surface area contributed by atoms with E-state index in [0.29, 0.717) is 12.5 Å². The van der Waals surface area contributed by atoms with E-state index in [9.17, 15) is 0 Å². The first kappa shape index (κ1) is 14.0. The SMILES string of the molecule is CCOc1cccc(N(C)CC2CCCOC2)c1N. The van der Waals surface area contributed by atoms with Gasteiger partial charge in [0, 0.05) is 20.2 Å². The van der Waals surface area contributed by atoms with Crippen molar-refractivity contribution >= 4 is 11.4 Å². The van der Waals surface area contributed by atoms with Crippen molar-refractivity contribution in [2.24, 2.45) is 5.92 Å². The highest BCUT2D eigenvalue weighted by Crippen LogP contribution is 2.32. The molecule has 1 atom stereocenters. The lowest BCUT2D eigenvalue weighted by molar-refractivity contribution is 0.0576. The van der Waals surface area contributed by atoms with Crippen LogP contribution in [0.15, 0.2) is 18.2 Å². The molecule has 1 heterocycles. The van der Waals surface area contributed by atoms with E-state index >= 15 is 0 Å². The summed E-state index contributed by atoms with van der Waals surface area (Å²) in [5.41, 5.74) is 7.94. The molecule has 0 bridgehead atoms. The van der Waals surface area contributed by atoms with Gasteiger partial charge in [-0.3, -0.25) is 0 Å². The van der Waals surface area contributed by atoms with Gasteiger partial charge in [-0.25, -0.2) is 0 Å². The van der Waals surface area contributed by atoms with Gasteiger partial charge in [-0.15, -0.1) is 0 Å². The number of para-hydroxylation sites is 1. The molecule has 1 saturated heterocycles. The summed E-state index contributed by atoms with van der Waals surface area (Å²) in [6.45, 7) is 5.33. The lowest BCUT2D eigenvalue weighted by Crippen LogP contribution is -2.31. The van der Waals surface area contributed by atoms with Crippen LogP contribution in [0, 0.1) is 5.92 Å². The van der Waals surface area contributed by atoms with Crippen LogP contribution in [0.4, 0.5) is 11.4 Å². The fourth-order valence-electron chi connectivity index (χ4n) is 2.58. The van der Waals surface area contributed by atoms with Crippen molar-refractivity contribution in [3.8, 4) is 5.75 Å². The number of nitrogen functional groups attached to an aromatic ring is 1. The van der Waals surface area contributed by atoms with E-state index in [1.807, 2.05) is 25.1 Å². The Morgan fingerprint density at radius 3 is 3.00 bits per heavy atom. The minimum absolute atomic E-state index is 0.592. The van der Waals surface area contributed by atoms with Crippen LogP contribution in [0.5, 0.6) is 5.75 Å². The molecule has 2 rings (SSSR count). The van der Waals surface area contributed by atoms with Crippen molar-refractivity contribution in [2.45, 2.75) is 19.8 Å². The molecule has 1 aromatic carbocycles. The van der Waals surface area contributed by atoms with E-state index in [2.05, 4.69) is 11.9 Å². The Morgan fingerprint density at radius 1 is 1.47 bits per heavy atom. The van der Waals surface area contributed by atoms with Crippen molar-refractivity contribution in [3.05, 3.63) is 18.2 Å².